The fourth-order valence-corrected chi connectivity index (χ4v) is 2.47. The zero-order valence-electron chi connectivity index (χ0n) is 15.7. The highest BCUT2D eigenvalue weighted by Gasteiger charge is 2.17. The van der Waals surface area contributed by atoms with Gasteiger partial charge in [0.2, 0.25) is 0 Å². The van der Waals surface area contributed by atoms with E-state index in [0.29, 0.717) is 17.0 Å². The van der Waals surface area contributed by atoms with Crippen LogP contribution in [0.4, 0.5) is 0 Å². The van der Waals surface area contributed by atoms with Gasteiger partial charge in [0.05, 0.1) is 6.61 Å². The second-order valence-electron chi connectivity index (χ2n) is 6.20. The molecule has 8 heteroatoms. The number of nitrogens with zero attached hydrogens (tertiary/aromatic N) is 3. The molecule has 1 N–H and O–H groups in total. The number of carbonyl (C=O) groups is 1. The number of carbonyl (C=O) groups excluding carboxylic acids is 1. The number of ether oxygens (including phenoxy) is 3. The molecule has 0 aliphatic carbocycles. The molecule has 0 aliphatic rings. The van der Waals surface area contributed by atoms with Crippen LogP contribution in [-0.4, -0.2) is 52.5 Å². The van der Waals surface area contributed by atoms with Gasteiger partial charge in [0, 0.05) is 18.7 Å². The average molecular weight is 383 g/mol. The topological polar surface area (TPSA) is 95.7 Å². The quantitative estimate of drug-likeness (QED) is 0.472. The Balaban J connectivity index is 1.71. The van der Waals surface area contributed by atoms with E-state index < -0.39 is 12.1 Å². The van der Waals surface area contributed by atoms with Crippen molar-refractivity contribution >= 4 is 17.0 Å². The summed E-state index contributed by atoms with van der Waals surface area (Å²) in [5.41, 5.74) is 2.17. The summed E-state index contributed by atoms with van der Waals surface area (Å²) in [6, 6.07) is 12.2. The first-order valence-electron chi connectivity index (χ1n) is 8.61. The minimum absolute atomic E-state index is 0.0416. The second-order valence-corrected chi connectivity index (χ2v) is 6.20. The zero-order valence-corrected chi connectivity index (χ0v) is 15.7. The van der Waals surface area contributed by atoms with Gasteiger partial charge in [-0.3, -0.25) is 0 Å². The lowest BCUT2D eigenvalue weighted by atomic mass is 10.3. The molecule has 1 aromatic heterocycles. The molecule has 146 valence electrons. The van der Waals surface area contributed by atoms with Crippen molar-refractivity contribution in [2.75, 3.05) is 20.3 Å². The molecule has 8 nitrogen and oxygen atoms in total. The molecule has 28 heavy (non-hydrogen) atoms. The van der Waals surface area contributed by atoms with Crippen molar-refractivity contribution < 1.29 is 24.1 Å². The molecule has 3 rings (SSSR count). The van der Waals surface area contributed by atoms with Gasteiger partial charge in [0.1, 0.15) is 34.8 Å². The number of esters is 1. The Morgan fingerprint density at radius 2 is 1.86 bits per heavy atom. The van der Waals surface area contributed by atoms with E-state index in [1.165, 1.54) is 18.0 Å². The fourth-order valence-electron chi connectivity index (χ4n) is 2.47. The molecule has 0 spiro atoms. The summed E-state index contributed by atoms with van der Waals surface area (Å²) in [4.78, 5) is 13.0. The Labute approximate surface area is 161 Å². The van der Waals surface area contributed by atoms with Crippen molar-refractivity contribution in [2.45, 2.75) is 13.0 Å². The van der Waals surface area contributed by atoms with E-state index in [2.05, 4.69) is 16.8 Å². The van der Waals surface area contributed by atoms with Gasteiger partial charge in [0.25, 0.3) is 0 Å². The number of hydrogen-bond donors (Lipinski definition) is 1. The first-order chi connectivity index (χ1) is 13.5. The van der Waals surface area contributed by atoms with Gasteiger partial charge in [-0.1, -0.05) is 18.7 Å². The zero-order chi connectivity index (χ0) is 20.1. The van der Waals surface area contributed by atoms with Gasteiger partial charge in [0.15, 0.2) is 6.10 Å². The lowest BCUT2D eigenvalue weighted by molar-refractivity contribution is -0.148. The third-order valence-corrected chi connectivity index (χ3v) is 3.86. The van der Waals surface area contributed by atoms with Crippen LogP contribution >= 0.6 is 0 Å². The highest BCUT2D eigenvalue weighted by Crippen LogP contribution is 2.27. The highest BCUT2D eigenvalue weighted by atomic mass is 16.6. The molecule has 3 aromatic rings. The third-order valence-electron chi connectivity index (χ3n) is 3.86. The molecular formula is C20H21N3O5. The third kappa shape index (κ3) is 4.47. The van der Waals surface area contributed by atoms with Crippen molar-refractivity contribution in [3.05, 3.63) is 54.6 Å². The Kier molecular flexibility index (Phi) is 5.90. The van der Waals surface area contributed by atoms with Crippen molar-refractivity contribution in [2.24, 2.45) is 0 Å². The predicted octanol–water partition coefficient (Wildman–Crippen LogP) is 2.64. The van der Waals surface area contributed by atoms with Crippen molar-refractivity contribution in [1.29, 1.82) is 0 Å². The van der Waals surface area contributed by atoms with Crippen LogP contribution in [0.15, 0.2) is 54.6 Å². The number of methoxy groups -OCH3 is 1. The normalized spacial score (nSPS) is 11.9. The monoisotopic (exact) mass is 383 g/mol. The molecule has 1 heterocycles. The SMILES string of the molecule is C=C(C)C(=O)OC(COC)COc1ccc(-n2nc3ccccc3n2)c(O)c1. The van der Waals surface area contributed by atoms with Crippen LogP contribution in [0, 0.1) is 0 Å². The summed E-state index contributed by atoms with van der Waals surface area (Å²) in [6.07, 6.45) is -0.603. The van der Waals surface area contributed by atoms with E-state index in [1.807, 2.05) is 24.3 Å². The Bertz CT molecular complexity index is 965. The summed E-state index contributed by atoms with van der Waals surface area (Å²) >= 11 is 0. The predicted molar refractivity (Wildman–Crippen MR) is 103 cm³/mol. The number of rotatable bonds is 8. The van der Waals surface area contributed by atoms with E-state index in [1.54, 1.807) is 19.1 Å². The van der Waals surface area contributed by atoms with Crippen LogP contribution in [0.3, 0.4) is 0 Å². The number of aromatic hydroxyl groups is 1. The van der Waals surface area contributed by atoms with E-state index in [4.69, 9.17) is 14.2 Å². The molecule has 0 fully saturated rings. The number of phenols is 1. The van der Waals surface area contributed by atoms with Gasteiger partial charge in [-0.25, -0.2) is 4.79 Å². The van der Waals surface area contributed by atoms with Crippen LogP contribution in [0.25, 0.3) is 16.7 Å². The molecule has 2 aromatic carbocycles. The summed E-state index contributed by atoms with van der Waals surface area (Å²) in [6.45, 7) is 5.35. The molecule has 1 unspecified atom stereocenters. The number of aromatic nitrogens is 3. The van der Waals surface area contributed by atoms with E-state index >= 15 is 0 Å². The smallest absolute Gasteiger partial charge is 0.333 e. The van der Waals surface area contributed by atoms with Crippen molar-refractivity contribution in [3.8, 4) is 17.2 Å². The van der Waals surface area contributed by atoms with Gasteiger partial charge >= 0.3 is 5.97 Å². The van der Waals surface area contributed by atoms with E-state index in [-0.39, 0.29) is 19.0 Å². The summed E-state index contributed by atoms with van der Waals surface area (Å²) in [5.74, 6) is -0.147. The fraction of sp³-hybridized carbons (Fsp3) is 0.250. The molecule has 0 saturated heterocycles. The molecular weight excluding hydrogens is 362 g/mol. The van der Waals surface area contributed by atoms with E-state index in [0.717, 1.165) is 11.0 Å². The Morgan fingerprint density at radius 3 is 2.43 bits per heavy atom. The van der Waals surface area contributed by atoms with Crippen molar-refractivity contribution in [3.63, 3.8) is 0 Å². The number of benzene rings is 2. The van der Waals surface area contributed by atoms with Crippen LogP contribution < -0.4 is 4.74 Å². The molecule has 1 atom stereocenters. The standard InChI is InChI=1S/C20H21N3O5/c1-13(2)20(25)28-15(11-26-3)12-27-14-8-9-18(19(24)10-14)23-21-16-6-4-5-7-17(16)22-23/h4-10,15,24H,1,11-12H2,2-3H3. The maximum absolute atomic E-state index is 11.7. The molecule has 0 saturated carbocycles. The summed E-state index contributed by atoms with van der Waals surface area (Å²) in [5, 5.41) is 19.0. The highest BCUT2D eigenvalue weighted by molar-refractivity contribution is 5.87. The summed E-state index contributed by atoms with van der Waals surface area (Å²) < 4.78 is 15.9. The summed E-state index contributed by atoms with van der Waals surface area (Å²) in [7, 11) is 1.50. The van der Waals surface area contributed by atoms with E-state index in [9.17, 15) is 9.90 Å². The van der Waals surface area contributed by atoms with Gasteiger partial charge in [-0.2, -0.15) is 0 Å². The molecule has 0 bridgehead atoms. The average Bonchev–Trinajstić information content (AvgIpc) is 3.10. The van der Waals surface area contributed by atoms with Crippen molar-refractivity contribution in [1.82, 2.24) is 15.0 Å². The van der Waals surface area contributed by atoms with Gasteiger partial charge in [-0.15, -0.1) is 15.0 Å². The minimum atomic E-state index is -0.603. The first-order valence-corrected chi connectivity index (χ1v) is 8.61. The van der Waals surface area contributed by atoms with Gasteiger partial charge in [-0.05, 0) is 31.2 Å². The van der Waals surface area contributed by atoms with Crippen LogP contribution in [-0.2, 0) is 14.3 Å². The largest absolute Gasteiger partial charge is 0.505 e. The maximum atomic E-state index is 11.7. The molecule has 0 aliphatic heterocycles. The van der Waals surface area contributed by atoms with Crippen LogP contribution in [0.5, 0.6) is 11.5 Å². The first kappa shape index (κ1) is 19.4. The maximum Gasteiger partial charge on any atom is 0.333 e. The molecule has 0 radical (unpaired) electrons. The molecule has 0 amide bonds. The van der Waals surface area contributed by atoms with Crippen LogP contribution in [0.1, 0.15) is 6.92 Å². The lowest BCUT2D eigenvalue weighted by Gasteiger charge is -2.18. The second kappa shape index (κ2) is 8.53. The Morgan fingerprint density at radius 1 is 1.18 bits per heavy atom. The lowest BCUT2D eigenvalue weighted by Crippen LogP contribution is -2.29. The minimum Gasteiger partial charge on any atom is -0.505 e. The number of hydrogen-bond acceptors (Lipinski definition) is 7. The number of fused-ring (bicyclic) bond motifs is 1. The van der Waals surface area contributed by atoms with Gasteiger partial charge < -0.3 is 19.3 Å². The van der Waals surface area contributed by atoms with Crippen LogP contribution in [0.2, 0.25) is 0 Å². The number of phenolic OH excluding ortho intramolecular Hbond substituents is 1. The Hall–Kier alpha value is -3.39.